The Labute approximate surface area is 112 Å². The van der Waals surface area contributed by atoms with E-state index in [1.54, 1.807) is 6.07 Å². The van der Waals surface area contributed by atoms with Gasteiger partial charge in [-0.05, 0) is 49.8 Å². The molecular formula is C15H17NO3. The molecule has 19 heavy (non-hydrogen) atoms. The Kier molecular flexibility index (Phi) is 2.46. The summed E-state index contributed by atoms with van der Waals surface area (Å²) in [6, 6.07) is 3.76. The first-order valence-corrected chi connectivity index (χ1v) is 6.59. The van der Waals surface area contributed by atoms with E-state index < -0.39 is 5.41 Å². The molecule has 1 saturated carbocycles. The lowest BCUT2D eigenvalue weighted by atomic mass is 9.85. The number of hydrogen-bond acceptors (Lipinski definition) is 3. The van der Waals surface area contributed by atoms with Gasteiger partial charge in [-0.1, -0.05) is 6.07 Å². The highest BCUT2D eigenvalue weighted by Gasteiger charge is 2.46. The zero-order valence-corrected chi connectivity index (χ0v) is 11.1. The number of phenolic OH excluding ortho intramolecular Hbond substituents is 1. The van der Waals surface area contributed by atoms with Crippen molar-refractivity contribution in [2.75, 3.05) is 11.4 Å². The number of phenols is 1. The first kappa shape index (κ1) is 12.2. The van der Waals surface area contributed by atoms with Crippen molar-refractivity contribution in [3.8, 4) is 5.75 Å². The van der Waals surface area contributed by atoms with Gasteiger partial charge in [0.25, 0.3) is 0 Å². The smallest absolute Gasteiger partial charge is 0.237 e. The third-order valence-electron chi connectivity index (χ3n) is 4.14. The van der Waals surface area contributed by atoms with E-state index in [1.807, 2.05) is 19.9 Å². The van der Waals surface area contributed by atoms with Crippen molar-refractivity contribution in [2.24, 2.45) is 0 Å². The molecule has 1 aliphatic heterocycles. The van der Waals surface area contributed by atoms with E-state index in [0.29, 0.717) is 17.9 Å². The Morgan fingerprint density at radius 2 is 2.11 bits per heavy atom. The molecule has 4 heteroatoms. The number of aldehydes is 1. The fourth-order valence-corrected chi connectivity index (χ4v) is 2.86. The molecule has 2 aliphatic rings. The van der Waals surface area contributed by atoms with Crippen LogP contribution in [0, 0.1) is 0 Å². The number of aromatic hydroxyl groups is 1. The van der Waals surface area contributed by atoms with Gasteiger partial charge in [0.05, 0.1) is 17.6 Å². The molecule has 1 amide bonds. The SMILES string of the molecule is CC1(C)C(=O)N(CC=O)c2c(O)cc(C3CC3)cc21. The summed E-state index contributed by atoms with van der Waals surface area (Å²) in [5, 5.41) is 10.2. The molecule has 3 rings (SSSR count). The Morgan fingerprint density at radius 1 is 1.42 bits per heavy atom. The van der Waals surface area contributed by atoms with Gasteiger partial charge in [-0.3, -0.25) is 4.79 Å². The standard InChI is InChI=1S/C15H17NO3/c1-15(2)11-7-10(9-3-4-9)8-12(18)13(11)16(5-6-17)14(15)19/h6-9,18H,3-5H2,1-2H3. The predicted octanol–water partition coefficient (Wildman–Crippen LogP) is 2.09. The van der Waals surface area contributed by atoms with Gasteiger partial charge in [0, 0.05) is 0 Å². The lowest BCUT2D eigenvalue weighted by Gasteiger charge is -2.18. The van der Waals surface area contributed by atoms with E-state index in [4.69, 9.17) is 0 Å². The second-order valence-corrected chi connectivity index (χ2v) is 5.92. The molecule has 0 bridgehead atoms. The molecular weight excluding hydrogens is 242 g/mol. The van der Waals surface area contributed by atoms with Gasteiger partial charge >= 0.3 is 0 Å². The number of carbonyl (C=O) groups excluding carboxylic acids is 2. The minimum absolute atomic E-state index is 0.00833. The van der Waals surface area contributed by atoms with Crippen molar-refractivity contribution < 1.29 is 14.7 Å². The number of fused-ring (bicyclic) bond motifs is 1. The Morgan fingerprint density at radius 3 is 2.68 bits per heavy atom. The van der Waals surface area contributed by atoms with Crippen LogP contribution in [0.2, 0.25) is 0 Å². The third-order valence-corrected chi connectivity index (χ3v) is 4.14. The Balaban J connectivity index is 2.18. The minimum Gasteiger partial charge on any atom is -0.506 e. The third kappa shape index (κ3) is 1.66. The second-order valence-electron chi connectivity index (χ2n) is 5.92. The van der Waals surface area contributed by atoms with Gasteiger partial charge in [-0.25, -0.2) is 0 Å². The molecule has 0 atom stereocenters. The van der Waals surface area contributed by atoms with Crippen LogP contribution in [0.1, 0.15) is 43.7 Å². The summed E-state index contributed by atoms with van der Waals surface area (Å²) in [5.41, 5.74) is 1.76. The number of rotatable bonds is 3. The number of hydrogen-bond donors (Lipinski definition) is 1. The molecule has 1 heterocycles. The monoisotopic (exact) mass is 259 g/mol. The highest BCUT2D eigenvalue weighted by molar-refractivity contribution is 6.10. The molecule has 1 fully saturated rings. The molecule has 1 N–H and O–H groups in total. The number of anilines is 1. The molecule has 0 aromatic heterocycles. The van der Waals surface area contributed by atoms with Gasteiger partial charge in [-0.15, -0.1) is 0 Å². The molecule has 0 unspecified atom stereocenters. The van der Waals surface area contributed by atoms with Gasteiger partial charge in [0.1, 0.15) is 12.0 Å². The van der Waals surface area contributed by atoms with Gasteiger partial charge in [0.2, 0.25) is 5.91 Å². The van der Waals surface area contributed by atoms with E-state index >= 15 is 0 Å². The summed E-state index contributed by atoms with van der Waals surface area (Å²) >= 11 is 0. The summed E-state index contributed by atoms with van der Waals surface area (Å²) in [6.45, 7) is 3.68. The normalized spacial score (nSPS) is 20.5. The van der Waals surface area contributed by atoms with Gasteiger partial charge < -0.3 is 14.8 Å². The van der Waals surface area contributed by atoms with Crippen LogP contribution >= 0.6 is 0 Å². The topological polar surface area (TPSA) is 57.6 Å². The highest BCUT2D eigenvalue weighted by Crippen LogP contribution is 2.50. The second kappa shape index (κ2) is 3.83. The van der Waals surface area contributed by atoms with Crippen LogP contribution < -0.4 is 4.90 Å². The molecule has 100 valence electrons. The maximum atomic E-state index is 12.4. The quantitative estimate of drug-likeness (QED) is 0.846. The van der Waals surface area contributed by atoms with Gasteiger partial charge in [-0.2, -0.15) is 0 Å². The molecule has 0 radical (unpaired) electrons. The van der Waals surface area contributed by atoms with Crippen molar-refractivity contribution in [1.29, 1.82) is 0 Å². The minimum atomic E-state index is -0.680. The first-order chi connectivity index (χ1) is 8.96. The molecule has 0 spiro atoms. The maximum absolute atomic E-state index is 12.4. The zero-order valence-electron chi connectivity index (χ0n) is 11.1. The summed E-state index contributed by atoms with van der Waals surface area (Å²) in [5.74, 6) is 0.500. The average molecular weight is 259 g/mol. The molecule has 4 nitrogen and oxygen atoms in total. The molecule has 1 aromatic carbocycles. The van der Waals surface area contributed by atoms with Gasteiger partial charge in [0.15, 0.2) is 0 Å². The van der Waals surface area contributed by atoms with Crippen LogP contribution in [-0.4, -0.2) is 23.8 Å². The van der Waals surface area contributed by atoms with E-state index in [2.05, 4.69) is 0 Å². The van der Waals surface area contributed by atoms with Crippen LogP contribution in [0.3, 0.4) is 0 Å². The summed E-state index contributed by atoms with van der Waals surface area (Å²) < 4.78 is 0. The van der Waals surface area contributed by atoms with Crippen molar-refractivity contribution in [2.45, 2.75) is 38.0 Å². The van der Waals surface area contributed by atoms with E-state index in [0.717, 1.165) is 24.0 Å². The lowest BCUT2D eigenvalue weighted by molar-refractivity contribution is -0.123. The van der Waals surface area contributed by atoms with Crippen molar-refractivity contribution >= 4 is 17.9 Å². The van der Waals surface area contributed by atoms with Crippen LogP contribution in [0.5, 0.6) is 5.75 Å². The molecule has 1 aromatic rings. The summed E-state index contributed by atoms with van der Waals surface area (Å²) in [6.07, 6.45) is 2.98. The predicted molar refractivity (Wildman–Crippen MR) is 71.5 cm³/mol. The summed E-state index contributed by atoms with van der Waals surface area (Å²) in [4.78, 5) is 24.5. The number of benzene rings is 1. The number of nitrogens with zero attached hydrogens (tertiary/aromatic N) is 1. The van der Waals surface area contributed by atoms with Crippen LogP contribution in [0.15, 0.2) is 12.1 Å². The maximum Gasteiger partial charge on any atom is 0.237 e. The van der Waals surface area contributed by atoms with Crippen molar-refractivity contribution in [1.82, 2.24) is 0 Å². The lowest BCUT2D eigenvalue weighted by Crippen LogP contribution is -2.37. The number of carbonyl (C=O) groups is 2. The number of amides is 1. The highest BCUT2D eigenvalue weighted by atomic mass is 16.3. The molecule has 0 saturated heterocycles. The van der Waals surface area contributed by atoms with E-state index in [-0.39, 0.29) is 18.2 Å². The average Bonchev–Trinajstić information content (AvgIpc) is 3.16. The Bertz CT molecular complexity index is 573. The zero-order chi connectivity index (χ0) is 13.8. The fourth-order valence-electron chi connectivity index (χ4n) is 2.86. The molecule has 1 aliphatic carbocycles. The van der Waals surface area contributed by atoms with E-state index in [1.165, 1.54) is 4.90 Å². The van der Waals surface area contributed by atoms with Crippen LogP contribution in [-0.2, 0) is 15.0 Å². The van der Waals surface area contributed by atoms with Crippen molar-refractivity contribution in [3.63, 3.8) is 0 Å². The summed E-state index contributed by atoms with van der Waals surface area (Å²) in [7, 11) is 0. The Hall–Kier alpha value is -1.84. The first-order valence-electron chi connectivity index (χ1n) is 6.59. The van der Waals surface area contributed by atoms with Crippen LogP contribution in [0.25, 0.3) is 0 Å². The van der Waals surface area contributed by atoms with E-state index in [9.17, 15) is 14.7 Å². The largest absolute Gasteiger partial charge is 0.506 e. The van der Waals surface area contributed by atoms with Crippen LogP contribution in [0.4, 0.5) is 5.69 Å². The van der Waals surface area contributed by atoms with Crippen molar-refractivity contribution in [3.05, 3.63) is 23.3 Å². The fraction of sp³-hybridized carbons (Fsp3) is 0.467.